The number of para-hydroxylation sites is 1. The molecule has 3 rings (SSSR count). The van der Waals surface area contributed by atoms with Crippen molar-refractivity contribution in [2.24, 2.45) is 0 Å². The van der Waals surface area contributed by atoms with Crippen LogP contribution in [0.5, 0.6) is 0 Å². The third kappa shape index (κ3) is 1.74. The van der Waals surface area contributed by atoms with Crippen LogP contribution in [-0.2, 0) is 6.54 Å². The van der Waals surface area contributed by atoms with Gasteiger partial charge in [0.25, 0.3) is 0 Å². The molecule has 0 aliphatic heterocycles. The van der Waals surface area contributed by atoms with Gasteiger partial charge in [0.05, 0.1) is 17.6 Å². The molecular weight excluding hydrogens is 248 g/mol. The van der Waals surface area contributed by atoms with Crippen molar-refractivity contribution in [3.63, 3.8) is 0 Å². The van der Waals surface area contributed by atoms with Crippen molar-refractivity contribution in [3.8, 4) is 0 Å². The van der Waals surface area contributed by atoms with E-state index in [0.717, 1.165) is 11.0 Å². The Balaban J connectivity index is 2.16. The number of aryl methyl sites for hydroxylation is 2. The molecule has 6 heteroatoms. The summed E-state index contributed by atoms with van der Waals surface area (Å²) in [5.74, 6) is 1.20. The largest absolute Gasteiger partial charge is 0.340 e. The molecule has 92 valence electrons. The van der Waals surface area contributed by atoms with Crippen molar-refractivity contribution in [3.05, 3.63) is 40.2 Å². The second kappa shape index (κ2) is 4.06. The lowest BCUT2D eigenvalue weighted by atomic mass is 10.2. The number of H-pyrrole nitrogens is 1. The molecule has 0 atom stereocenters. The average molecular weight is 260 g/mol. The van der Waals surface area contributed by atoms with Gasteiger partial charge in [-0.1, -0.05) is 17.3 Å². The summed E-state index contributed by atoms with van der Waals surface area (Å²) in [4.78, 5) is 7.39. The molecule has 0 saturated carbocycles. The predicted molar refractivity (Wildman–Crippen MR) is 70.0 cm³/mol. The van der Waals surface area contributed by atoms with E-state index < -0.39 is 0 Å². The van der Waals surface area contributed by atoms with Crippen molar-refractivity contribution in [1.82, 2.24) is 19.7 Å². The summed E-state index contributed by atoms with van der Waals surface area (Å²) in [5, 5.41) is 3.90. The molecule has 0 amide bonds. The van der Waals surface area contributed by atoms with Crippen molar-refractivity contribution in [2.75, 3.05) is 0 Å². The van der Waals surface area contributed by atoms with Crippen molar-refractivity contribution in [1.29, 1.82) is 0 Å². The summed E-state index contributed by atoms with van der Waals surface area (Å²) in [7, 11) is 0. The van der Waals surface area contributed by atoms with Gasteiger partial charge in [-0.2, -0.15) is 4.98 Å². The van der Waals surface area contributed by atoms with Crippen LogP contribution in [0.1, 0.15) is 17.3 Å². The van der Waals surface area contributed by atoms with Gasteiger partial charge in [-0.25, -0.2) is 0 Å². The summed E-state index contributed by atoms with van der Waals surface area (Å²) in [6.45, 7) is 4.35. The molecule has 5 nitrogen and oxygen atoms in total. The summed E-state index contributed by atoms with van der Waals surface area (Å²) >= 11 is 5.34. The minimum Gasteiger partial charge on any atom is -0.340 e. The summed E-state index contributed by atoms with van der Waals surface area (Å²) < 4.78 is 7.64. The lowest BCUT2D eigenvalue weighted by Gasteiger charge is -2.03. The first-order chi connectivity index (χ1) is 8.65. The average Bonchev–Trinajstić information content (AvgIpc) is 2.85. The number of aromatic amines is 1. The van der Waals surface area contributed by atoms with E-state index in [9.17, 15) is 0 Å². The number of aromatic nitrogens is 4. The zero-order valence-electron chi connectivity index (χ0n) is 10.1. The zero-order valence-corrected chi connectivity index (χ0v) is 10.9. The summed E-state index contributed by atoms with van der Waals surface area (Å²) in [6, 6.07) is 6.07. The molecule has 0 aliphatic carbocycles. The number of hydrogen-bond donors (Lipinski definition) is 1. The molecular formula is C12H12N4OS. The number of nitrogens with zero attached hydrogens (tertiary/aromatic N) is 3. The van der Waals surface area contributed by atoms with Crippen LogP contribution in [0.3, 0.4) is 0 Å². The quantitative estimate of drug-likeness (QED) is 0.720. The Kier molecular flexibility index (Phi) is 2.52. The zero-order chi connectivity index (χ0) is 12.7. The molecule has 2 aromatic heterocycles. The standard InChI is InChI=1S/C12H12N4OS/c1-7-4-3-5-9-11(7)16(12(18)14-9)6-10-13-8(2)17-15-10/h3-5H,6H2,1-2H3,(H,14,18). The van der Waals surface area contributed by atoms with Gasteiger partial charge in [0.2, 0.25) is 5.89 Å². The molecule has 0 aliphatic rings. The van der Waals surface area contributed by atoms with Gasteiger partial charge in [-0.15, -0.1) is 0 Å². The second-order valence-electron chi connectivity index (χ2n) is 4.22. The molecule has 18 heavy (non-hydrogen) atoms. The first kappa shape index (κ1) is 11.2. The minimum atomic E-state index is 0.515. The van der Waals surface area contributed by atoms with Crippen LogP contribution in [0.2, 0.25) is 0 Å². The Hall–Kier alpha value is -1.95. The van der Waals surface area contributed by atoms with Crippen LogP contribution in [0.4, 0.5) is 0 Å². The van der Waals surface area contributed by atoms with E-state index in [1.807, 2.05) is 16.7 Å². The highest BCUT2D eigenvalue weighted by Gasteiger charge is 2.10. The molecule has 0 bridgehead atoms. The van der Waals surface area contributed by atoms with Crippen molar-refractivity contribution >= 4 is 23.3 Å². The van der Waals surface area contributed by atoms with Gasteiger partial charge >= 0.3 is 0 Å². The maximum atomic E-state index is 5.34. The van der Waals surface area contributed by atoms with Gasteiger partial charge in [0.1, 0.15) is 0 Å². The fraction of sp³-hybridized carbons (Fsp3) is 0.250. The monoisotopic (exact) mass is 260 g/mol. The number of fused-ring (bicyclic) bond motifs is 1. The van der Waals surface area contributed by atoms with Crippen LogP contribution < -0.4 is 0 Å². The lowest BCUT2D eigenvalue weighted by molar-refractivity contribution is 0.386. The van der Waals surface area contributed by atoms with Gasteiger partial charge in [-0.3, -0.25) is 0 Å². The maximum Gasteiger partial charge on any atom is 0.223 e. The van der Waals surface area contributed by atoms with Crippen LogP contribution in [0, 0.1) is 18.6 Å². The normalized spacial score (nSPS) is 11.2. The molecule has 1 aromatic carbocycles. The van der Waals surface area contributed by atoms with Crippen LogP contribution in [0.15, 0.2) is 22.7 Å². The van der Waals surface area contributed by atoms with Gasteiger partial charge in [-0.05, 0) is 30.8 Å². The minimum absolute atomic E-state index is 0.515. The number of hydrogen-bond acceptors (Lipinski definition) is 4. The molecule has 1 N–H and O–H groups in total. The van der Waals surface area contributed by atoms with E-state index >= 15 is 0 Å². The van der Waals surface area contributed by atoms with Crippen molar-refractivity contribution < 1.29 is 4.52 Å². The lowest BCUT2D eigenvalue weighted by Crippen LogP contribution is -2.02. The predicted octanol–water partition coefficient (Wildman–Crippen LogP) is 2.75. The Morgan fingerprint density at radius 2 is 2.22 bits per heavy atom. The maximum absolute atomic E-state index is 5.34. The van der Waals surface area contributed by atoms with E-state index in [1.54, 1.807) is 6.92 Å². The third-order valence-electron chi connectivity index (χ3n) is 2.86. The highest BCUT2D eigenvalue weighted by Crippen LogP contribution is 2.19. The van der Waals surface area contributed by atoms with E-state index in [-0.39, 0.29) is 0 Å². The fourth-order valence-electron chi connectivity index (χ4n) is 2.10. The Morgan fingerprint density at radius 1 is 1.39 bits per heavy atom. The SMILES string of the molecule is Cc1nc(Cn2c(=S)[nH]c3cccc(C)c32)no1. The van der Waals surface area contributed by atoms with E-state index in [1.165, 1.54) is 5.56 Å². The van der Waals surface area contributed by atoms with E-state index in [4.69, 9.17) is 16.7 Å². The smallest absolute Gasteiger partial charge is 0.223 e. The van der Waals surface area contributed by atoms with Crippen molar-refractivity contribution in [2.45, 2.75) is 20.4 Å². The molecule has 0 saturated heterocycles. The number of nitrogens with one attached hydrogen (secondary N) is 1. The Bertz CT molecular complexity index is 768. The van der Waals surface area contributed by atoms with Gasteiger partial charge < -0.3 is 14.1 Å². The molecule has 3 aromatic rings. The Morgan fingerprint density at radius 3 is 2.94 bits per heavy atom. The topological polar surface area (TPSA) is 59.6 Å². The molecule has 0 radical (unpaired) electrons. The Labute approximate surface area is 108 Å². The molecule has 2 heterocycles. The molecule has 0 fully saturated rings. The first-order valence-electron chi connectivity index (χ1n) is 5.62. The molecule has 0 unspecified atom stereocenters. The number of rotatable bonds is 2. The summed E-state index contributed by atoms with van der Waals surface area (Å²) in [5.41, 5.74) is 3.28. The number of benzene rings is 1. The van der Waals surface area contributed by atoms with E-state index in [2.05, 4.69) is 28.1 Å². The van der Waals surface area contributed by atoms with Crippen LogP contribution in [-0.4, -0.2) is 19.7 Å². The third-order valence-corrected chi connectivity index (χ3v) is 3.19. The fourth-order valence-corrected chi connectivity index (χ4v) is 2.37. The first-order valence-corrected chi connectivity index (χ1v) is 6.03. The van der Waals surface area contributed by atoms with Crippen LogP contribution in [0.25, 0.3) is 11.0 Å². The van der Waals surface area contributed by atoms with Crippen LogP contribution >= 0.6 is 12.2 Å². The molecule has 0 spiro atoms. The highest BCUT2D eigenvalue weighted by atomic mass is 32.1. The highest BCUT2D eigenvalue weighted by molar-refractivity contribution is 7.71. The van der Waals surface area contributed by atoms with Gasteiger partial charge in [0.15, 0.2) is 10.6 Å². The van der Waals surface area contributed by atoms with Gasteiger partial charge in [0, 0.05) is 6.92 Å². The summed E-state index contributed by atoms with van der Waals surface area (Å²) in [6.07, 6.45) is 0. The second-order valence-corrected chi connectivity index (χ2v) is 4.60. The number of imidazole rings is 1. The van der Waals surface area contributed by atoms with E-state index in [0.29, 0.717) is 23.0 Å².